The number of nitrogens with zero attached hydrogens (tertiary/aromatic N) is 7. The molecule has 11 nitrogen and oxygen atoms in total. The number of alkyl halides is 3. The Morgan fingerprint density at radius 1 is 1.06 bits per heavy atom. The van der Waals surface area contributed by atoms with Gasteiger partial charge in [-0.05, 0) is 6.42 Å². The average Bonchev–Trinajstić information content (AvgIpc) is 3.08. The van der Waals surface area contributed by atoms with Gasteiger partial charge in [-0.1, -0.05) is 0 Å². The Bertz CT molecular complexity index is 960. The molecule has 1 amide bonds. The number of aromatic nitrogens is 5. The van der Waals surface area contributed by atoms with Gasteiger partial charge < -0.3 is 19.6 Å². The summed E-state index contributed by atoms with van der Waals surface area (Å²) in [6, 6.07) is 0. The number of hydrogen-bond acceptors (Lipinski definition) is 8. The van der Waals surface area contributed by atoms with Crippen LogP contribution >= 0.6 is 0 Å². The van der Waals surface area contributed by atoms with E-state index in [1.165, 1.54) is 0 Å². The van der Waals surface area contributed by atoms with Crippen LogP contribution < -0.4 is 4.90 Å². The molecule has 0 aromatic carbocycles. The number of amides is 1. The van der Waals surface area contributed by atoms with Gasteiger partial charge in [-0.2, -0.15) is 13.2 Å². The topological polar surface area (TPSA) is 127 Å². The number of carboxylic acid groups (broad SMARTS) is 1. The van der Waals surface area contributed by atoms with Gasteiger partial charge in [-0.3, -0.25) is 9.48 Å². The molecule has 0 spiro atoms. The van der Waals surface area contributed by atoms with Crippen LogP contribution in [0.2, 0.25) is 0 Å². The van der Waals surface area contributed by atoms with Gasteiger partial charge >= 0.3 is 12.1 Å². The molecule has 14 heteroatoms. The van der Waals surface area contributed by atoms with Crippen LogP contribution in [0, 0.1) is 0 Å². The Labute approximate surface area is 180 Å². The highest BCUT2D eigenvalue weighted by Gasteiger charge is 2.38. The number of fused-ring (bicyclic) bond motifs is 1. The lowest BCUT2D eigenvalue weighted by atomic mass is 10.1. The predicted octanol–water partition coefficient (Wildman–Crippen LogP) is 0.316. The molecule has 4 rings (SSSR count). The second kappa shape index (κ2) is 9.89. The summed E-state index contributed by atoms with van der Waals surface area (Å²) < 4.78 is 38.7. The number of rotatable bonds is 2. The molecule has 0 atom stereocenters. The standard InChI is InChI=1S/C16H21N7O2.C2HF3O2/c1-21-11-19-14(20-21)16(24)23-4-2-12-13(3-5-23)17-10-18-15(12)22-6-8-25-9-7-22;3-2(4,5)1(6)7/h10-11H,2-9H2,1H3;(H,6,7). The minimum absolute atomic E-state index is 0.130. The first-order chi connectivity index (χ1) is 15.2. The second-order valence-electron chi connectivity index (χ2n) is 7.06. The molecule has 1 fully saturated rings. The van der Waals surface area contributed by atoms with E-state index in [2.05, 4.69) is 25.0 Å². The van der Waals surface area contributed by atoms with Crippen LogP contribution in [0.15, 0.2) is 12.7 Å². The molecule has 0 aliphatic carbocycles. The number of halogens is 3. The molecule has 2 aliphatic rings. The fraction of sp³-hybridized carbons (Fsp3) is 0.556. The van der Waals surface area contributed by atoms with Gasteiger partial charge in [0.05, 0.1) is 18.9 Å². The van der Waals surface area contributed by atoms with Crippen molar-refractivity contribution in [1.29, 1.82) is 0 Å². The average molecular weight is 457 g/mol. The maximum absolute atomic E-state index is 12.6. The van der Waals surface area contributed by atoms with Crippen molar-refractivity contribution in [2.45, 2.75) is 19.0 Å². The highest BCUT2D eigenvalue weighted by atomic mass is 19.4. The molecule has 2 aromatic rings. The van der Waals surface area contributed by atoms with Gasteiger partial charge in [-0.25, -0.2) is 19.7 Å². The van der Waals surface area contributed by atoms with Gasteiger partial charge in [0, 0.05) is 45.2 Å². The summed E-state index contributed by atoms with van der Waals surface area (Å²) in [5.41, 5.74) is 2.18. The maximum Gasteiger partial charge on any atom is 0.490 e. The van der Waals surface area contributed by atoms with Crippen LogP contribution in [0.25, 0.3) is 0 Å². The fourth-order valence-corrected chi connectivity index (χ4v) is 3.34. The number of carbonyl (C=O) groups is 2. The van der Waals surface area contributed by atoms with Gasteiger partial charge in [0.25, 0.3) is 5.91 Å². The molecule has 1 saturated heterocycles. The molecule has 174 valence electrons. The number of aryl methyl sites for hydroxylation is 1. The van der Waals surface area contributed by atoms with E-state index >= 15 is 0 Å². The first kappa shape index (κ1) is 23.4. The van der Waals surface area contributed by atoms with Crippen molar-refractivity contribution in [2.24, 2.45) is 7.05 Å². The molecular weight excluding hydrogens is 435 g/mol. The normalized spacial score (nSPS) is 16.5. The monoisotopic (exact) mass is 457 g/mol. The highest BCUT2D eigenvalue weighted by molar-refractivity contribution is 5.90. The zero-order valence-electron chi connectivity index (χ0n) is 17.2. The lowest BCUT2D eigenvalue weighted by molar-refractivity contribution is -0.192. The van der Waals surface area contributed by atoms with Crippen LogP contribution in [0.1, 0.15) is 21.9 Å². The SMILES string of the molecule is Cn1cnc(C(=O)N2CCc3ncnc(N4CCOCC4)c3CC2)n1.O=C(O)C(F)(F)F. The Hall–Kier alpha value is -3.29. The van der Waals surface area contributed by atoms with Crippen molar-refractivity contribution in [2.75, 3.05) is 44.3 Å². The van der Waals surface area contributed by atoms with E-state index in [-0.39, 0.29) is 11.7 Å². The van der Waals surface area contributed by atoms with Crippen molar-refractivity contribution < 1.29 is 32.6 Å². The Balaban J connectivity index is 0.000000360. The summed E-state index contributed by atoms with van der Waals surface area (Å²) in [6.07, 6.45) is -0.460. The van der Waals surface area contributed by atoms with Crippen molar-refractivity contribution in [3.05, 3.63) is 29.7 Å². The van der Waals surface area contributed by atoms with Crippen LogP contribution in [0.3, 0.4) is 0 Å². The van der Waals surface area contributed by atoms with E-state index in [0.29, 0.717) is 32.7 Å². The quantitative estimate of drug-likeness (QED) is 0.678. The third-order valence-electron chi connectivity index (χ3n) is 4.89. The number of hydrogen-bond donors (Lipinski definition) is 1. The zero-order chi connectivity index (χ0) is 23.3. The third kappa shape index (κ3) is 5.69. The van der Waals surface area contributed by atoms with Crippen molar-refractivity contribution in [1.82, 2.24) is 29.6 Å². The summed E-state index contributed by atoms with van der Waals surface area (Å²) in [6.45, 7) is 4.34. The molecule has 2 aliphatic heterocycles. The molecule has 4 heterocycles. The van der Waals surface area contributed by atoms with Crippen LogP contribution in [0.5, 0.6) is 0 Å². The summed E-state index contributed by atoms with van der Waals surface area (Å²) in [5.74, 6) is -1.66. The smallest absolute Gasteiger partial charge is 0.475 e. The van der Waals surface area contributed by atoms with Crippen LogP contribution in [-0.4, -0.2) is 92.2 Å². The summed E-state index contributed by atoms with van der Waals surface area (Å²) in [4.78, 5) is 38.6. The molecule has 0 unspecified atom stereocenters. The highest BCUT2D eigenvalue weighted by Crippen LogP contribution is 2.24. The fourth-order valence-electron chi connectivity index (χ4n) is 3.34. The lowest BCUT2D eigenvalue weighted by Gasteiger charge is -2.29. The third-order valence-corrected chi connectivity index (χ3v) is 4.89. The minimum Gasteiger partial charge on any atom is -0.475 e. The second-order valence-corrected chi connectivity index (χ2v) is 7.06. The molecule has 0 saturated carbocycles. The molecule has 32 heavy (non-hydrogen) atoms. The first-order valence-corrected chi connectivity index (χ1v) is 9.77. The first-order valence-electron chi connectivity index (χ1n) is 9.77. The van der Waals surface area contributed by atoms with Crippen LogP contribution in [0.4, 0.5) is 19.0 Å². The molecule has 0 radical (unpaired) electrons. The van der Waals surface area contributed by atoms with Gasteiger partial charge in [-0.15, -0.1) is 5.10 Å². The van der Waals surface area contributed by atoms with Gasteiger partial charge in [0.1, 0.15) is 18.5 Å². The van der Waals surface area contributed by atoms with E-state index < -0.39 is 12.1 Å². The molecular formula is C18H22F3N7O4. The van der Waals surface area contributed by atoms with Crippen molar-refractivity contribution >= 4 is 17.7 Å². The Morgan fingerprint density at radius 2 is 1.72 bits per heavy atom. The molecule has 0 bridgehead atoms. The summed E-state index contributed by atoms with van der Waals surface area (Å²) >= 11 is 0. The van der Waals surface area contributed by atoms with Crippen molar-refractivity contribution in [3.8, 4) is 0 Å². The predicted molar refractivity (Wildman–Crippen MR) is 103 cm³/mol. The van der Waals surface area contributed by atoms with Gasteiger partial charge in [0.15, 0.2) is 0 Å². The lowest BCUT2D eigenvalue weighted by Crippen LogP contribution is -2.37. The number of aliphatic carboxylic acids is 1. The Morgan fingerprint density at radius 3 is 2.31 bits per heavy atom. The molecule has 2 aromatic heterocycles. The van der Waals surface area contributed by atoms with E-state index in [0.717, 1.165) is 36.6 Å². The number of ether oxygens (including phenoxy) is 1. The summed E-state index contributed by atoms with van der Waals surface area (Å²) in [5, 5.41) is 11.2. The van der Waals surface area contributed by atoms with E-state index in [4.69, 9.17) is 14.6 Å². The number of carboxylic acids is 1. The van der Waals surface area contributed by atoms with Crippen molar-refractivity contribution in [3.63, 3.8) is 0 Å². The summed E-state index contributed by atoms with van der Waals surface area (Å²) in [7, 11) is 1.76. The van der Waals surface area contributed by atoms with E-state index in [9.17, 15) is 18.0 Å². The largest absolute Gasteiger partial charge is 0.490 e. The van der Waals surface area contributed by atoms with E-state index in [1.54, 1.807) is 29.3 Å². The number of carbonyl (C=O) groups excluding carboxylic acids is 1. The zero-order valence-corrected chi connectivity index (χ0v) is 17.2. The number of morpholine rings is 1. The Kier molecular flexibility index (Phi) is 7.22. The van der Waals surface area contributed by atoms with Crippen LogP contribution in [-0.2, 0) is 29.4 Å². The minimum atomic E-state index is -5.08. The van der Waals surface area contributed by atoms with E-state index in [1.807, 2.05) is 0 Å². The maximum atomic E-state index is 12.6. The molecule has 1 N–H and O–H groups in total. The van der Waals surface area contributed by atoms with Gasteiger partial charge in [0.2, 0.25) is 5.82 Å². The number of anilines is 1.